The van der Waals surface area contributed by atoms with E-state index in [4.69, 9.17) is 14.2 Å². The maximum atomic E-state index is 14.6. The molecule has 35 heavy (non-hydrogen) atoms. The quantitative estimate of drug-likeness (QED) is 0.518. The average molecular weight is 484 g/mol. The van der Waals surface area contributed by atoms with E-state index >= 15 is 0 Å². The molecule has 1 aliphatic heterocycles. The summed E-state index contributed by atoms with van der Waals surface area (Å²) >= 11 is 0. The second-order valence-corrected chi connectivity index (χ2v) is 8.63. The van der Waals surface area contributed by atoms with Gasteiger partial charge in [-0.25, -0.2) is 9.40 Å². The van der Waals surface area contributed by atoms with Crippen molar-refractivity contribution in [3.63, 3.8) is 0 Å². The van der Waals surface area contributed by atoms with Crippen molar-refractivity contribution in [2.24, 2.45) is 11.0 Å². The Labute approximate surface area is 204 Å². The van der Waals surface area contributed by atoms with Crippen LogP contribution in [0.4, 0.5) is 4.39 Å². The van der Waals surface area contributed by atoms with Crippen LogP contribution in [0.3, 0.4) is 0 Å². The van der Waals surface area contributed by atoms with Crippen LogP contribution in [0, 0.1) is 11.7 Å². The Kier molecular flexibility index (Phi) is 7.65. The molecule has 2 aliphatic rings. The molecule has 9 heteroatoms. The zero-order valence-corrected chi connectivity index (χ0v) is 20.2. The van der Waals surface area contributed by atoms with Crippen LogP contribution >= 0.6 is 0 Å². The molecule has 0 N–H and O–H groups in total. The summed E-state index contributed by atoms with van der Waals surface area (Å²) in [5.74, 6) is 0.247. The van der Waals surface area contributed by atoms with E-state index in [-0.39, 0.29) is 24.3 Å². The summed E-state index contributed by atoms with van der Waals surface area (Å²) in [6.07, 6.45) is 1.99. The zero-order chi connectivity index (χ0) is 24.9. The SMILES string of the molecule is COCCN(CC(=O)N1N=C(c2ccccc2F)C[C@@H]1c1ccc(OC)c(OC)c1)C(=O)C1CC1. The molecule has 8 nitrogen and oxygen atoms in total. The van der Waals surface area contributed by atoms with E-state index < -0.39 is 11.9 Å². The number of rotatable bonds is 10. The first-order chi connectivity index (χ1) is 17.0. The number of hydrogen-bond acceptors (Lipinski definition) is 6. The van der Waals surface area contributed by atoms with Crippen molar-refractivity contribution in [2.75, 3.05) is 41.0 Å². The van der Waals surface area contributed by atoms with Gasteiger partial charge in [0.1, 0.15) is 12.4 Å². The van der Waals surface area contributed by atoms with Crippen molar-refractivity contribution >= 4 is 17.5 Å². The van der Waals surface area contributed by atoms with E-state index in [1.54, 1.807) is 44.6 Å². The van der Waals surface area contributed by atoms with E-state index in [1.165, 1.54) is 23.1 Å². The van der Waals surface area contributed by atoms with Gasteiger partial charge >= 0.3 is 0 Å². The van der Waals surface area contributed by atoms with E-state index in [9.17, 15) is 14.0 Å². The highest BCUT2D eigenvalue weighted by Gasteiger charge is 2.38. The molecule has 1 fully saturated rings. The van der Waals surface area contributed by atoms with Gasteiger partial charge in [-0.15, -0.1) is 0 Å². The second kappa shape index (κ2) is 10.9. The lowest BCUT2D eigenvalue weighted by Gasteiger charge is -2.27. The summed E-state index contributed by atoms with van der Waals surface area (Å²) in [5, 5.41) is 5.91. The van der Waals surface area contributed by atoms with Crippen molar-refractivity contribution < 1.29 is 28.2 Å². The van der Waals surface area contributed by atoms with Crippen LogP contribution in [0.15, 0.2) is 47.6 Å². The summed E-state index contributed by atoms with van der Waals surface area (Å²) in [6, 6.07) is 11.3. The lowest BCUT2D eigenvalue weighted by Crippen LogP contribution is -2.43. The number of amides is 2. The third-order valence-electron chi connectivity index (χ3n) is 6.27. The standard InChI is InChI=1S/C26H30FN3O5/c1-33-13-12-29(26(32)17-8-9-17)16-25(31)30-22(18-10-11-23(34-2)24(14-18)35-3)15-21(28-30)19-6-4-5-7-20(19)27/h4-7,10-11,14,17,22H,8-9,12-13,15-16H2,1-3H3/t22-/m1/s1. The molecule has 0 unspecified atom stereocenters. The minimum atomic E-state index is -0.489. The lowest BCUT2D eigenvalue weighted by atomic mass is 9.97. The number of ether oxygens (including phenoxy) is 3. The molecule has 0 radical (unpaired) electrons. The lowest BCUT2D eigenvalue weighted by molar-refractivity contribution is -0.142. The molecule has 1 aliphatic carbocycles. The molecular formula is C26H30FN3O5. The smallest absolute Gasteiger partial charge is 0.262 e. The number of hydrogen-bond donors (Lipinski definition) is 0. The van der Waals surface area contributed by atoms with Crippen molar-refractivity contribution in [2.45, 2.75) is 25.3 Å². The number of nitrogens with zero attached hydrogens (tertiary/aromatic N) is 3. The van der Waals surface area contributed by atoms with Crippen molar-refractivity contribution in [3.8, 4) is 11.5 Å². The molecule has 0 aromatic heterocycles. The maximum absolute atomic E-state index is 14.6. The fourth-order valence-corrected chi connectivity index (χ4v) is 4.21. The minimum absolute atomic E-state index is 0.0302. The van der Waals surface area contributed by atoms with Gasteiger partial charge in [-0.1, -0.05) is 24.3 Å². The van der Waals surface area contributed by atoms with Crippen LogP contribution in [0.25, 0.3) is 0 Å². The maximum Gasteiger partial charge on any atom is 0.262 e. The van der Waals surface area contributed by atoms with Gasteiger partial charge in [0.15, 0.2) is 11.5 Å². The van der Waals surface area contributed by atoms with Gasteiger partial charge in [0.05, 0.1) is 32.6 Å². The second-order valence-electron chi connectivity index (χ2n) is 8.63. The molecule has 1 heterocycles. The van der Waals surface area contributed by atoms with Gasteiger partial charge in [0, 0.05) is 31.6 Å². The highest BCUT2D eigenvalue weighted by molar-refractivity contribution is 6.03. The Hall–Kier alpha value is -3.46. The average Bonchev–Trinajstić information content (AvgIpc) is 3.64. The van der Waals surface area contributed by atoms with Crippen LogP contribution in [0.5, 0.6) is 11.5 Å². The first-order valence-corrected chi connectivity index (χ1v) is 11.6. The Morgan fingerprint density at radius 3 is 2.49 bits per heavy atom. The molecule has 2 aromatic carbocycles. The number of carbonyl (C=O) groups excluding carboxylic acids is 2. The third-order valence-corrected chi connectivity index (χ3v) is 6.27. The van der Waals surface area contributed by atoms with Gasteiger partial charge in [-0.2, -0.15) is 5.10 Å². The summed E-state index contributed by atoms with van der Waals surface area (Å²) in [5.41, 5.74) is 1.58. The van der Waals surface area contributed by atoms with Gasteiger partial charge in [-0.3, -0.25) is 9.59 Å². The monoisotopic (exact) mass is 483 g/mol. The fraction of sp³-hybridized carbons (Fsp3) is 0.423. The predicted octanol–water partition coefficient (Wildman–Crippen LogP) is 3.41. The van der Waals surface area contributed by atoms with Crippen molar-refractivity contribution in [3.05, 3.63) is 59.4 Å². The van der Waals surface area contributed by atoms with Crippen LogP contribution in [0.2, 0.25) is 0 Å². The van der Waals surface area contributed by atoms with E-state index in [0.29, 0.717) is 42.3 Å². The Morgan fingerprint density at radius 1 is 1.09 bits per heavy atom. The van der Waals surface area contributed by atoms with Crippen LogP contribution < -0.4 is 9.47 Å². The molecule has 0 bridgehead atoms. The number of methoxy groups -OCH3 is 3. The highest BCUT2D eigenvalue weighted by Crippen LogP contribution is 2.38. The number of halogens is 1. The summed E-state index contributed by atoms with van der Waals surface area (Å²) in [4.78, 5) is 27.8. The predicted molar refractivity (Wildman–Crippen MR) is 128 cm³/mol. The highest BCUT2D eigenvalue weighted by atomic mass is 19.1. The van der Waals surface area contributed by atoms with Gasteiger partial charge in [0.2, 0.25) is 5.91 Å². The Morgan fingerprint density at radius 2 is 1.83 bits per heavy atom. The summed E-state index contributed by atoms with van der Waals surface area (Å²) in [7, 11) is 4.64. The van der Waals surface area contributed by atoms with Gasteiger partial charge in [-0.05, 0) is 36.6 Å². The molecule has 0 saturated heterocycles. The van der Waals surface area contributed by atoms with Crippen LogP contribution in [-0.2, 0) is 14.3 Å². The molecule has 4 rings (SSSR count). The molecule has 2 aromatic rings. The normalized spacial score (nSPS) is 17.2. The van der Waals surface area contributed by atoms with E-state index in [1.807, 2.05) is 6.07 Å². The summed E-state index contributed by atoms with van der Waals surface area (Å²) in [6.45, 7) is 0.515. The third kappa shape index (κ3) is 5.45. The molecular weight excluding hydrogens is 453 g/mol. The molecule has 0 spiro atoms. The van der Waals surface area contributed by atoms with Crippen LogP contribution in [-0.4, -0.2) is 68.5 Å². The minimum Gasteiger partial charge on any atom is -0.493 e. The first-order valence-electron chi connectivity index (χ1n) is 11.6. The molecule has 186 valence electrons. The zero-order valence-electron chi connectivity index (χ0n) is 20.2. The van der Waals surface area contributed by atoms with Crippen molar-refractivity contribution in [1.82, 2.24) is 9.91 Å². The van der Waals surface area contributed by atoms with E-state index in [0.717, 1.165) is 18.4 Å². The van der Waals surface area contributed by atoms with Crippen LogP contribution in [0.1, 0.15) is 36.4 Å². The number of benzene rings is 2. The van der Waals surface area contributed by atoms with Crippen molar-refractivity contribution in [1.29, 1.82) is 0 Å². The van der Waals surface area contributed by atoms with Gasteiger partial charge in [0.25, 0.3) is 5.91 Å². The molecule has 2 amide bonds. The molecule has 1 saturated carbocycles. The van der Waals surface area contributed by atoms with Gasteiger partial charge < -0.3 is 19.1 Å². The Bertz CT molecular complexity index is 1120. The summed E-state index contributed by atoms with van der Waals surface area (Å²) < 4.78 is 30.5. The number of hydrazone groups is 1. The Balaban J connectivity index is 1.65. The fourth-order valence-electron chi connectivity index (χ4n) is 4.21. The first kappa shape index (κ1) is 24.7. The topological polar surface area (TPSA) is 80.7 Å². The number of carbonyl (C=O) groups is 2. The largest absolute Gasteiger partial charge is 0.493 e. The molecule has 1 atom stereocenters. The van der Waals surface area contributed by atoms with E-state index in [2.05, 4.69) is 5.10 Å².